The molecule has 0 amide bonds. The highest BCUT2D eigenvalue weighted by atomic mass is 35.5. The van der Waals surface area contributed by atoms with Gasteiger partial charge in [0.25, 0.3) is 0 Å². The zero-order valence-corrected chi connectivity index (χ0v) is 8.95. The molecule has 1 aromatic carbocycles. The van der Waals surface area contributed by atoms with Gasteiger partial charge < -0.3 is 15.9 Å². The Morgan fingerprint density at radius 2 is 2.20 bits per heavy atom. The van der Waals surface area contributed by atoms with Crippen LogP contribution >= 0.6 is 11.6 Å². The molecule has 1 unspecified atom stereocenters. The summed E-state index contributed by atoms with van der Waals surface area (Å²) in [4.78, 5) is 10.6. The number of aromatic hydroxyl groups is 1. The molecule has 1 rings (SSSR count). The van der Waals surface area contributed by atoms with Gasteiger partial charge in [-0.05, 0) is 24.1 Å². The summed E-state index contributed by atoms with van der Waals surface area (Å²) >= 11 is 5.89. The van der Waals surface area contributed by atoms with E-state index in [1.807, 2.05) is 6.92 Å². The van der Waals surface area contributed by atoms with Crippen LogP contribution in [-0.4, -0.2) is 16.2 Å². The van der Waals surface area contributed by atoms with Gasteiger partial charge in [0.2, 0.25) is 0 Å². The molecule has 1 atom stereocenters. The van der Waals surface area contributed by atoms with Gasteiger partial charge in [0.15, 0.2) is 0 Å². The standard InChI is InChI=1S/C10H12ClNO3/c1-2-5-3-8(13)6(4-7(5)11)9(12)10(14)15/h3-4,9,13H,2,12H2,1H3,(H,14,15). The van der Waals surface area contributed by atoms with Gasteiger partial charge in [0.1, 0.15) is 11.8 Å². The highest BCUT2D eigenvalue weighted by molar-refractivity contribution is 6.31. The number of hydrogen-bond donors (Lipinski definition) is 3. The van der Waals surface area contributed by atoms with E-state index in [1.165, 1.54) is 12.1 Å². The molecule has 0 aromatic heterocycles. The second-order valence-corrected chi connectivity index (χ2v) is 3.58. The van der Waals surface area contributed by atoms with Gasteiger partial charge in [0, 0.05) is 10.6 Å². The summed E-state index contributed by atoms with van der Waals surface area (Å²) in [5.74, 6) is -1.34. The van der Waals surface area contributed by atoms with Gasteiger partial charge in [-0.25, -0.2) is 0 Å². The summed E-state index contributed by atoms with van der Waals surface area (Å²) in [7, 11) is 0. The first-order chi connectivity index (χ1) is 6.97. The lowest BCUT2D eigenvalue weighted by molar-refractivity contribution is -0.138. The Labute approximate surface area is 92.3 Å². The Balaban J connectivity index is 3.21. The van der Waals surface area contributed by atoms with Crippen molar-refractivity contribution in [2.75, 3.05) is 0 Å². The van der Waals surface area contributed by atoms with Gasteiger partial charge in [0.05, 0.1) is 0 Å². The lowest BCUT2D eigenvalue weighted by Crippen LogP contribution is -2.20. The molecule has 0 aliphatic rings. The van der Waals surface area contributed by atoms with Crippen LogP contribution in [-0.2, 0) is 11.2 Å². The number of benzene rings is 1. The highest BCUT2D eigenvalue weighted by Gasteiger charge is 2.19. The second-order valence-electron chi connectivity index (χ2n) is 3.17. The normalized spacial score (nSPS) is 12.5. The van der Waals surface area contributed by atoms with Crippen molar-refractivity contribution in [3.05, 3.63) is 28.3 Å². The molecule has 5 heteroatoms. The Morgan fingerprint density at radius 1 is 1.60 bits per heavy atom. The Hall–Kier alpha value is -1.26. The first-order valence-corrected chi connectivity index (χ1v) is 4.84. The van der Waals surface area contributed by atoms with E-state index in [0.717, 1.165) is 5.56 Å². The van der Waals surface area contributed by atoms with Crippen molar-refractivity contribution in [2.24, 2.45) is 5.73 Å². The molecule has 0 aliphatic carbocycles. The number of carboxylic acids is 1. The third-order valence-corrected chi connectivity index (χ3v) is 2.53. The van der Waals surface area contributed by atoms with Gasteiger partial charge in [-0.15, -0.1) is 0 Å². The number of aryl methyl sites for hydroxylation is 1. The zero-order valence-electron chi connectivity index (χ0n) is 8.20. The molecule has 0 saturated carbocycles. The summed E-state index contributed by atoms with van der Waals surface area (Å²) in [6.45, 7) is 1.89. The van der Waals surface area contributed by atoms with Crippen LogP contribution < -0.4 is 5.73 Å². The van der Waals surface area contributed by atoms with Crippen LogP contribution in [0.2, 0.25) is 5.02 Å². The van der Waals surface area contributed by atoms with Crippen LogP contribution in [0.3, 0.4) is 0 Å². The van der Waals surface area contributed by atoms with Crippen LogP contribution in [0.1, 0.15) is 24.1 Å². The molecule has 82 valence electrons. The first-order valence-electron chi connectivity index (χ1n) is 4.47. The smallest absolute Gasteiger partial charge is 0.325 e. The average molecular weight is 230 g/mol. The van der Waals surface area contributed by atoms with Crippen LogP contribution in [0.4, 0.5) is 0 Å². The monoisotopic (exact) mass is 229 g/mol. The molecular weight excluding hydrogens is 218 g/mol. The molecule has 0 spiro atoms. The van der Waals surface area contributed by atoms with Gasteiger partial charge in [-0.3, -0.25) is 4.79 Å². The number of hydrogen-bond acceptors (Lipinski definition) is 3. The summed E-state index contributed by atoms with van der Waals surface area (Å²) in [6, 6.07) is 1.59. The minimum Gasteiger partial charge on any atom is -0.508 e. The number of phenolic OH excluding ortho intramolecular Hbond substituents is 1. The number of rotatable bonds is 3. The molecule has 0 saturated heterocycles. The molecule has 1 aromatic rings. The molecule has 0 aliphatic heterocycles. The van der Waals surface area contributed by atoms with Crippen molar-refractivity contribution in [1.29, 1.82) is 0 Å². The summed E-state index contributed by atoms with van der Waals surface area (Å²) in [5.41, 5.74) is 6.27. The van der Waals surface area contributed by atoms with E-state index in [-0.39, 0.29) is 11.3 Å². The molecular formula is C10H12ClNO3. The Kier molecular flexibility index (Phi) is 3.55. The van der Waals surface area contributed by atoms with Crippen molar-refractivity contribution in [2.45, 2.75) is 19.4 Å². The van der Waals surface area contributed by atoms with E-state index >= 15 is 0 Å². The molecule has 0 fully saturated rings. The number of carboxylic acid groups (broad SMARTS) is 1. The zero-order chi connectivity index (χ0) is 11.6. The number of aliphatic carboxylic acids is 1. The van der Waals surface area contributed by atoms with Gasteiger partial charge in [-0.2, -0.15) is 0 Å². The predicted octanol–water partition coefficient (Wildman–Crippen LogP) is 1.69. The molecule has 4 nitrogen and oxygen atoms in total. The topological polar surface area (TPSA) is 83.5 Å². The van der Waals surface area contributed by atoms with Crippen LogP contribution in [0.15, 0.2) is 12.1 Å². The number of nitrogens with two attached hydrogens (primary N) is 1. The summed E-state index contributed by atoms with van der Waals surface area (Å²) in [6.07, 6.45) is 0.662. The van der Waals surface area contributed by atoms with Crippen LogP contribution in [0, 0.1) is 0 Å². The van der Waals surface area contributed by atoms with Crippen molar-refractivity contribution in [3.8, 4) is 5.75 Å². The highest BCUT2D eigenvalue weighted by Crippen LogP contribution is 2.30. The van der Waals surface area contributed by atoms with Gasteiger partial charge >= 0.3 is 5.97 Å². The summed E-state index contributed by atoms with van der Waals surface area (Å²) < 4.78 is 0. The van der Waals surface area contributed by atoms with Gasteiger partial charge in [-0.1, -0.05) is 18.5 Å². The third-order valence-electron chi connectivity index (χ3n) is 2.18. The molecule has 15 heavy (non-hydrogen) atoms. The number of carbonyl (C=O) groups is 1. The minimum absolute atomic E-state index is 0.129. The first kappa shape index (κ1) is 11.8. The maximum Gasteiger partial charge on any atom is 0.325 e. The maximum absolute atomic E-state index is 10.6. The fraction of sp³-hybridized carbons (Fsp3) is 0.300. The van der Waals surface area contributed by atoms with E-state index in [4.69, 9.17) is 22.4 Å². The van der Waals surface area contributed by atoms with Crippen LogP contribution in [0.25, 0.3) is 0 Å². The predicted molar refractivity (Wildman–Crippen MR) is 57.1 cm³/mol. The third kappa shape index (κ3) is 2.40. The number of phenols is 1. The lowest BCUT2D eigenvalue weighted by atomic mass is 10.0. The fourth-order valence-corrected chi connectivity index (χ4v) is 1.58. The molecule has 4 N–H and O–H groups in total. The second kappa shape index (κ2) is 4.51. The summed E-state index contributed by atoms with van der Waals surface area (Å²) in [5, 5.41) is 18.7. The maximum atomic E-state index is 10.6. The lowest BCUT2D eigenvalue weighted by Gasteiger charge is -2.11. The average Bonchev–Trinajstić information content (AvgIpc) is 2.19. The molecule has 0 bridgehead atoms. The van der Waals surface area contributed by atoms with E-state index in [0.29, 0.717) is 11.4 Å². The Morgan fingerprint density at radius 3 is 2.67 bits per heavy atom. The van der Waals surface area contributed by atoms with Crippen molar-refractivity contribution in [3.63, 3.8) is 0 Å². The van der Waals surface area contributed by atoms with Crippen LogP contribution in [0.5, 0.6) is 5.75 Å². The van der Waals surface area contributed by atoms with Crippen molar-refractivity contribution >= 4 is 17.6 Å². The van der Waals surface area contributed by atoms with Crippen molar-refractivity contribution in [1.82, 2.24) is 0 Å². The minimum atomic E-state index is -1.26. The fourth-order valence-electron chi connectivity index (χ4n) is 1.27. The largest absolute Gasteiger partial charge is 0.508 e. The van der Waals surface area contributed by atoms with E-state index in [2.05, 4.69) is 0 Å². The SMILES string of the molecule is CCc1cc(O)c(C(N)C(=O)O)cc1Cl. The van der Waals surface area contributed by atoms with E-state index in [9.17, 15) is 9.90 Å². The van der Waals surface area contributed by atoms with E-state index < -0.39 is 12.0 Å². The molecule has 0 heterocycles. The molecule has 0 radical (unpaired) electrons. The Bertz CT molecular complexity index is 392. The quantitative estimate of drug-likeness (QED) is 0.737. The van der Waals surface area contributed by atoms with Crippen molar-refractivity contribution < 1.29 is 15.0 Å². The van der Waals surface area contributed by atoms with E-state index in [1.54, 1.807) is 0 Å². The number of halogens is 1.